The van der Waals surface area contributed by atoms with Crippen LogP contribution in [-0.2, 0) is 20.4 Å². The van der Waals surface area contributed by atoms with Gasteiger partial charge in [0.15, 0.2) is 0 Å². The first-order chi connectivity index (χ1) is 11.3. The molecule has 0 amide bonds. The monoisotopic (exact) mass is 437 g/mol. The molecule has 3 N–H and O–H groups in total. The Hall–Kier alpha value is 0.508. The summed E-state index contributed by atoms with van der Waals surface area (Å²) in [6.45, 7) is 25.2. The van der Waals surface area contributed by atoms with Crippen LogP contribution in [-0.4, -0.2) is 49.8 Å². The third-order valence-corrected chi connectivity index (χ3v) is 8.13. The predicted molar refractivity (Wildman–Crippen MR) is 118 cm³/mol. The molecule has 0 aromatic carbocycles. The van der Waals surface area contributed by atoms with Crippen LogP contribution in [0.2, 0.25) is 39.3 Å². The summed E-state index contributed by atoms with van der Waals surface area (Å²) < 4.78 is 1.65. The predicted octanol–water partition coefficient (Wildman–Crippen LogP) is 5.03. The van der Waals surface area contributed by atoms with E-state index < -0.39 is 16.1 Å². The van der Waals surface area contributed by atoms with Crippen LogP contribution < -0.4 is 0 Å². The van der Waals surface area contributed by atoms with Gasteiger partial charge in [-0.1, -0.05) is 0 Å². The molecule has 155 valence electrons. The Morgan fingerprint density at radius 2 is 1.00 bits per heavy atom. The maximum absolute atomic E-state index is 8.06. The molecular weight excluding hydrogens is 392 g/mol. The Morgan fingerprint density at radius 3 is 1.15 bits per heavy atom. The first kappa shape index (κ1) is 31.2. The zero-order valence-corrected chi connectivity index (χ0v) is 22.9. The molecule has 0 radical (unpaired) electrons. The molecule has 0 aliphatic heterocycles. The summed E-state index contributed by atoms with van der Waals surface area (Å²) in [5.74, 6) is 0. The molecule has 0 heterocycles. The number of aliphatic hydroxyl groups is 3. The zero-order valence-electron chi connectivity index (χ0n) is 19.4. The molecule has 0 unspecified atom stereocenters. The van der Waals surface area contributed by atoms with Crippen LogP contribution in [0.25, 0.3) is 0 Å². The van der Waals surface area contributed by atoms with Gasteiger partial charge in [0.25, 0.3) is 0 Å². The van der Waals surface area contributed by atoms with Crippen LogP contribution in [0.3, 0.4) is 0 Å². The summed E-state index contributed by atoms with van der Waals surface area (Å²) in [6.07, 6.45) is 3.23. The average Bonchev–Trinajstić information content (AvgIpc) is 2.67. The van der Waals surface area contributed by atoms with Gasteiger partial charge in [0.1, 0.15) is 0 Å². The van der Waals surface area contributed by atoms with Crippen molar-refractivity contribution in [1.82, 2.24) is 0 Å². The summed E-state index contributed by atoms with van der Waals surface area (Å²) in [7, 11) is -2.21. The van der Waals surface area contributed by atoms with Crippen LogP contribution in [0.15, 0.2) is 20.3 Å². The van der Waals surface area contributed by atoms with Gasteiger partial charge in [-0.3, -0.25) is 0 Å². The number of aliphatic hydroxyl groups excluding tert-OH is 3. The summed E-state index contributed by atoms with van der Waals surface area (Å²) in [6, 6.07) is 0. The van der Waals surface area contributed by atoms with Crippen molar-refractivity contribution in [2.45, 2.75) is 106 Å². The first-order valence-electron chi connectivity index (χ1n) is 9.54. The molecule has 0 fully saturated rings. The molecule has 26 heavy (non-hydrogen) atoms. The molecular formula is C20H45O3Si2Ti. The van der Waals surface area contributed by atoms with Crippen molar-refractivity contribution in [3.05, 3.63) is 20.3 Å². The summed E-state index contributed by atoms with van der Waals surface area (Å²) in [4.78, 5) is 0. The molecule has 1 aliphatic carbocycles. The van der Waals surface area contributed by atoms with E-state index in [2.05, 4.69) is 65.8 Å². The van der Waals surface area contributed by atoms with E-state index in [-0.39, 0.29) is 18.3 Å². The Labute approximate surface area is 177 Å². The van der Waals surface area contributed by atoms with Crippen molar-refractivity contribution < 1.29 is 35.8 Å². The molecule has 0 spiro atoms. The summed E-state index contributed by atoms with van der Waals surface area (Å²) in [5.41, 5.74) is 0. The number of allylic oxidation sites excluding steroid dienone is 4. The van der Waals surface area contributed by atoms with E-state index in [1.54, 1.807) is 55.8 Å². The molecule has 6 heteroatoms. The van der Waals surface area contributed by atoms with E-state index in [0.29, 0.717) is 0 Å². The minimum atomic E-state index is -1.11. The van der Waals surface area contributed by atoms with Gasteiger partial charge in [0.05, 0.1) is 0 Å². The van der Waals surface area contributed by atoms with E-state index in [4.69, 9.17) is 15.3 Å². The Balaban J connectivity index is -0.000000362. The maximum atomic E-state index is 8.06. The van der Waals surface area contributed by atoms with Crippen LogP contribution in [0.4, 0.5) is 0 Å². The number of hydrogen-bond donors (Lipinski definition) is 3. The average molecular weight is 438 g/mol. The fourth-order valence-corrected chi connectivity index (χ4v) is 10.2. The first-order valence-corrected chi connectivity index (χ1v) is 17.3. The molecule has 0 atom stereocenters. The van der Waals surface area contributed by atoms with E-state index in [9.17, 15) is 0 Å². The SMILES string of the molecule is CC(C)O.CC(C)O.CC(C)O.C[Si](C)(C)C1=CC[C]([Ti])=C1[Si](C)(C)C. The van der Waals surface area contributed by atoms with Crippen LogP contribution >= 0.6 is 0 Å². The van der Waals surface area contributed by atoms with Crippen LogP contribution in [0.5, 0.6) is 0 Å². The van der Waals surface area contributed by atoms with Gasteiger partial charge < -0.3 is 15.3 Å². The molecule has 0 bridgehead atoms. The zero-order chi connectivity index (χ0) is 21.9. The standard InChI is InChI=1S/C11H21Si2.3C3H8O.Ti/c1-12(2,3)10-8-7-9-11(10)13(4,5)6;3*1-3(2)4;/h8H,7H2,1-6H3;3*3-4H,1-2H3;. The quantitative estimate of drug-likeness (QED) is 0.531. The second-order valence-corrected chi connectivity index (χ2v) is 20.4. The van der Waals surface area contributed by atoms with Gasteiger partial charge in [-0.05, 0) is 41.5 Å². The minimum absolute atomic E-state index is 0.167. The third-order valence-electron chi connectivity index (χ3n) is 2.64. The van der Waals surface area contributed by atoms with Gasteiger partial charge in [-0.2, -0.15) is 0 Å². The van der Waals surface area contributed by atoms with Crippen molar-refractivity contribution in [2.24, 2.45) is 0 Å². The van der Waals surface area contributed by atoms with Gasteiger partial charge in [0.2, 0.25) is 0 Å². The second kappa shape index (κ2) is 14.5. The number of hydrogen-bond acceptors (Lipinski definition) is 3. The Bertz CT molecular complexity index is 407. The Kier molecular flexibility index (Phi) is 17.4. The van der Waals surface area contributed by atoms with E-state index >= 15 is 0 Å². The fourth-order valence-electron chi connectivity index (χ4n) is 2.11. The summed E-state index contributed by atoms with van der Waals surface area (Å²) >= 11 is 2.33. The fraction of sp³-hybridized carbons (Fsp3) is 0.800. The topological polar surface area (TPSA) is 60.7 Å². The normalized spacial score (nSPS) is 14.3. The van der Waals surface area contributed by atoms with E-state index in [1.165, 1.54) is 6.42 Å². The molecule has 0 saturated carbocycles. The van der Waals surface area contributed by atoms with Crippen LogP contribution in [0.1, 0.15) is 48.0 Å². The van der Waals surface area contributed by atoms with Gasteiger partial charge >= 0.3 is 103 Å². The van der Waals surface area contributed by atoms with Gasteiger partial charge in [-0.25, -0.2) is 0 Å². The van der Waals surface area contributed by atoms with Crippen LogP contribution in [0, 0.1) is 0 Å². The van der Waals surface area contributed by atoms with E-state index in [1.807, 2.05) is 0 Å². The van der Waals surface area contributed by atoms with Crippen molar-refractivity contribution in [1.29, 1.82) is 0 Å². The van der Waals surface area contributed by atoms with Gasteiger partial charge in [-0.15, -0.1) is 0 Å². The van der Waals surface area contributed by atoms with Crippen molar-refractivity contribution in [3.8, 4) is 0 Å². The summed E-state index contributed by atoms with van der Waals surface area (Å²) in [5, 5.41) is 27.7. The molecule has 3 nitrogen and oxygen atoms in total. The molecule has 1 aliphatic rings. The van der Waals surface area contributed by atoms with Crippen molar-refractivity contribution in [3.63, 3.8) is 0 Å². The van der Waals surface area contributed by atoms with Gasteiger partial charge in [0, 0.05) is 18.3 Å². The third kappa shape index (κ3) is 20.8. The molecule has 1 rings (SSSR count). The molecule has 0 saturated heterocycles. The Morgan fingerprint density at radius 1 is 0.731 bits per heavy atom. The van der Waals surface area contributed by atoms with Crippen molar-refractivity contribution >= 4 is 16.1 Å². The molecule has 0 aromatic rings. The second-order valence-electron chi connectivity index (χ2n) is 9.46. The van der Waals surface area contributed by atoms with Crippen molar-refractivity contribution in [2.75, 3.05) is 0 Å². The van der Waals surface area contributed by atoms with E-state index in [0.717, 1.165) is 0 Å². The number of rotatable bonds is 2. The molecule has 0 aromatic heterocycles.